The van der Waals surface area contributed by atoms with Crippen molar-refractivity contribution in [1.29, 1.82) is 0 Å². The van der Waals surface area contributed by atoms with Crippen LogP contribution >= 0.6 is 11.3 Å². The van der Waals surface area contributed by atoms with E-state index in [0.717, 1.165) is 12.1 Å². The number of carbonyl (C=O) groups excluding carboxylic acids is 1. The molecule has 2 aromatic heterocycles. The van der Waals surface area contributed by atoms with Crippen LogP contribution in [-0.2, 0) is 26.2 Å². The van der Waals surface area contributed by atoms with Crippen molar-refractivity contribution >= 4 is 32.3 Å². The molecule has 0 amide bonds. The number of rotatable bonds is 6. The number of aromatic nitrogens is 2. The zero-order chi connectivity index (χ0) is 19.6. The first-order chi connectivity index (χ1) is 12.8. The Morgan fingerprint density at radius 1 is 1.41 bits per heavy atom. The van der Waals surface area contributed by atoms with E-state index < -0.39 is 32.7 Å². The fourth-order valence-electron chi connectivity index (χ4n) is 2.24. The third kappa shape index (κ3) is 4.21. The molecule has 2 heterocycles. The number of sulfonamides is 1. The lowest BCUT2D eigenvalue weighted by atomic mass is 10.3. The molecule has 0 fully saturated rings. The van der Waals surface area contributed by atoms with Gasteiger partial charge in [0.25, 0.3) is 5.56 Å². The molecule has 0 radical (unpaired) electrons. The van der Waals surface area contributed by atoms with Crippen molar-refractivity contribution in [2.75, 3.05) is 0 Å². The topological polar surface area (TPSA) is 107 Å². The monoisotopic (exact) mass is 411 g/mol. The second kappa shape index (κ2) is 7.55. The molecule has 0 unspecified atom stereocenters. The SMILES string of the molecule is C[C@H](NS(=O)(=O)c1ccccc1F)C(=O)OCc1cc(=O)n2ccsc2n1. The molecule has 0 aliphatic heterocycles. The molecule has 0 spiro atoms. The first-order valence-electron chi connectivity index (χ1n) is 7.67. The van der Waals surface area contributed by atoms with Gasteiger partial charge < -0.3 is 4.74 Å². The van der Waals surface area contributed by atoms with Crippen molar-refractivity contribution in [2.45, 2.75) is 24.5 Å². The molecular weight excluding hydrogens is 397 g/mol. The molecule has 3 aromatic rings. The van der Waals surface area contributed by atoms with Crippen LogP contribution in [0.3, 0.4) is 0 Å². The third-order valence-corrected chi connectivity index (χ3v) is 5.86. The van der Waals surface area contributed by atoms with Gasteiger partial charge in [-0.3, -0.25) is 14.0 Å². The van der Waals surface area contributed by atoms with Crippen LogP contribution in [0.2, 0.25) is 0 Å². The molecule has 0 aliphatic rings. The smallest absolute Gasteiger partial charge is 0.324 e. The highest BCUT2D eigenvalue weighted by atomic mass is 32.2. The van der Waals surface area contributed by atoms with Gasteiger partial charge in [-0.15, -0.1) is 11.3 Å². The predicted molar refractivity (Wildman–Crippen MR) is 95.3 cm³/mol. The number of benzene rings is 1. The molecule has 0 saturated heterocycles. The van der Waals surface area contributed by atoms with Gasteiger partial charge in [-0.2, -0.15) is 4.72 Å². The van der Waals surface area contributed by atoms with Crippen LogP contribution in [0.1, 0.15) is 12.6 Å². The number of hydrogen-bond donors (Lipinski definition) is 1. The summed E-state index contributed by atoms with van der Waals surface area (Å²) in [5, 5.41) is 1.69. The summed E-state index contributed by atoms with van der Waals surface area (Å²) in [5.74, 6) is -1.82. The van der Waals surface area contributed by atoms with E-state index in [4.69, 9.17) is 4.74 Å². The minimum Gasteiger partial charge on any atom is -0.458 e. The Balaban J connectivity index is 1.67. The maximum Gasteiger partial charge on any atom is 0.324 e. The molecule has 1 aromatic carbocycles. The first kappa shape index (κ1) is 19.1. The molecule has 27 heavy (non-hydrogen) atoms. The average Bonchev–Trinajstić information content (AvgIpc) is 3.08. The van der Waals surface area contributed by atoms with Gasteiger partial charge in [0.1, 0.15) is 23.4 Å². The fraction of sp³-hybridized carbons (Fsp3) is 0.188. The van der Waals surface area contributed by atoms with Crippen molar-refractivity contribution in [2.24, 2.45) is 0 Å². The van der Waals surface area contributed by atoms with E-state index in [-0.39, 0.29) is 17.9 Å². The van der Waals surface area contributed by atoms with E-state index in [0.29, 0.717) is 4.96 Å². The molecule has 0 saturated carbocycles. The van der Waals surface area contributed by atoms with Gasteiger partial charge in [0.05, 0.1) is 5.69 Å². The summed E-state index contributed by atoms with van der Waals surface area (Å²) in [5.41, 5.74) is -0.0828. The Morgan fingerprint density at radius 2 is 2.15 bits per heavy atom. The summed E-state index contributed by atoms with van der Waals surface area (Å²) in [6, 6.07) is 4.77. The van der Waals surface area contributed by atoms with E-state index in [1.165, 1.54) is 40.9 Å². The highest BCUT2D eigenvalue weighted by Gasteiger charge is 2.25. The van der Waals surface area contributed by atoms with E-state index in [2.05, 4.69) is 9.71 Å². The summed E-state index contributed by atoms with van der Waals surface area (Å²) >= 11 is 1.25. The summed E-state index contributed by atoms with van der Waals surface area (Å²) in [4.78, 5) is 28.0. The van der Waals surface area contributed by atoms with Crippen LogP contribution in [0.4, 0.5) is 4.39 Å². The lowest BCUT2D eigenvalue weighted by molar-refractivity contribution is -0.146. The van der Waals surface area contributed by atoms with E-state index in [9.17, 15) is 22.4 Å². The van der Waals surface area contributed by atoms with Crippen LogP contribution in [-0.4, -0.2) is 29.8 Å². The molecule has 3 rings (SSSR count). The van der Waals surface area contributed by atoms with Crippen molar-refractivity contribution < 1.29 is 22.3 Å². The number of nitrogens with one attached hydrogen (secondary N) is 1. The van der Waals surface area contributed by atoms with E-state index >= 15 is 0 Å². The summed E-state index contributed by atoms with van der Waals surface area (Å²) in [6.45, 7) is 0.972. The number of esters is 1. The van der Waals surface area contributed by atoms with Crippen molar-refractivity contribution in [3.63, 3.8) is 0 Å². The quantitative estimate of drug-likeness (QED) is 0.613. The van der Waals surface area contributed by atoms with Crippen molar-refractivity contribution in [1.82, 2.24) is 14.1 Å². The zero-order valence-corrected chi connectivity index (χ0v) is 15.6. The summed E-state index contributed by atoms with van der Waals surface area (Å²) in [7, 11) is -4.24. The van der Waals surface area contributed by atoms with Crippen LogP contribution in [0, 0.1) is 5.82 Å². The first-order valence-corrected chi connectivity index (χ1v) is 10.0. The standard InChI is InChI=1S/C16H14FN3O5S2/c1-10(19-27(23,24)13-5-3-2-4-12(13)17)15(22)25-9-11-8-14(21)20-6-7-26-16(20)18-11/h2-8,10,19H,9H2,1H3/t10-/m0/s1. The maximum absolute atomic E-state index is 13.7. The molecule has 0 aliphatic carbocycles. The van der Waals surface area contributed by atoms with Gasteiger partial charge in [-0.05, 0) is 19.1 Å². The van der Waals surface area contributed by atoms with Gasteiger partial charge in [0.15, 0.2) is 4.96 Å². The molecule has 11 heteroatoms. The van der Waals surface area contributed by atoms with E-state index in [1.54, 1.807) is 11.6 Å². The predicted octanol–water partition coefficient (Wildman–Crippen LogP) is 1.31. The molecule has 1 N–H and O–H groups in total. The zero-order valence-electron chi connectivity index (χ0n) is 14.0. The summed E-state index contributed by atoms with van der Waals surface area (Å²) in [6.07, 6.45) is 1.57. The number of halogens is 1. The summed E-state index contributed by atoms with van der Waals surface area (Å²) < 4.78 is 46.5. The Bertz CT molecular complexity index is 1160. The number of fused-ring (bicyclic) bond motifs is 1. The fourth-order valence-corrected chi connectivity index (χ4v) is 4.25. The Labute approximate surface area is 157 Å². The van der Waals surface area contributed by atoms with Crippen molar-refractivity contribution in [3.8, 4) is 0 Å². The van der Waals surface area contributed by atoms with Gasteiger partial charge >= 0.3 is 5.97 Å². The van der Waals surface area contributed by atoms with Crippen LogP contribution in [0.5, 0.6) is 0 Å². The molecule has 8 nitrogen and oxygen atoms in total. The number of hydrogen-bond acceptors (Lipinski definition) is 7. The van der Waals surface area contributed by atoms with Gasteiger partial charge in [0.2, 0.25) is 10.0 Å². The normalized spacial score (nSPS) is 12.8. The number of ether oxygens (including phenoxy) is 1. The number of carbonyl (C=O) groups is 1. The minimum absolute atomic E-state index is 0.236. The second-order valence-corrected chi connectivity index (χ2v) is 8.08. The maximum atomic E-state index is 13.7. The van der Waals surface area contributed by atoms with Crippen molar-refractivity contribution in [3.05, 3.63) is 63.8 Å². The third-order valence-electron chi connectivity index (χ3n) is 3.53. The second-order valence-electron chi connectivity index (χ2n) is 5.52. The Kier molecular flexibility index (Phi) is 5.35. The van der Waals surface area contributed by atoms with Gasteiger partial charge in [0, 0.05) is 17.6 Å². The molecule has 142 valence electrons. The molecule has 0 bridgehead atoms. The minimum atomic E-state index is -4.24. The largest absolute Gasteiger partial charge is 0.458 e. The lowest BCUT2D eigenvalue weighted by Crippen LogP contribution is -2.39. The molecule has 1 atom stereocenters. The average molecular weight is 411 g/mol. The highest BCUT2D eigenvalue weighted by molar-refractivity contribution is 7.89. The Hall–Kier alpha value is -2.63. The lowest BCUT2D eigenvalue weighted by Gasteiger charge is -2.14. The van der Waals surface area contributed by atoms with Gasteiger partial charge in [-0.25, -0.2) is 17.8 Å². The Morgan fingerprint density at radius 3 is 2.89 bits per heavy atom. The number of thiazole rings is 1. The number of nitrogens with zero attached hydrogens (tertiary/aromatic N) is 2. The highest BCUT2D eigenvalue weighted by Crippen LogP contribution is 2.14. The van der Waals surface area contributed by atoms with Gasteiger partial charge in [-0.1, -0.05) is 12.1 Å². The van der Waals surface area contributed by atoms with Crippen LogP contribution in [0.15, 0.2) is 51.6 Å². The molecular formula is C16H14FN3O5S2. The van der Waals surface area contributed by atoms with E-state index in [1.807, 2.05) is 0 Å². The van der Waals surface area contributed by atoms with Crippen LogP contribution in [0.25, 0.3) is 4.96 Å². The van der Waals surface area contributed by atoms with Crippen LogP contribution < -0.4 is 10.3 Å².